The van der Waals surface area contributed by atoms with Crippen LogP contribution in [0.15, 0.2) is 24.3 Å². The number of nitrogens with one attached hydrogen (secondary N) is 1. The van der Waals surface area contributed by atoms with Gasteiger partial charge in [0.25, 0.3) is 5.91 Å². The molecule has 0 radical (unpaired) electrons. The van der Waals surface area contributed by atoms with E-state index in [9.17, 15) is 4.79 Å². The molecule has 5 heteroatoms. The number of likely N-dealkylation sites (N-methyl/N-ethyl adjacent to an activating group) is 1. The number of carbonyl (C=O) groups excluding carboxylic acids is 1. The van der Waals surface area contributed by atoms with E-state index in [4.69, 9.17) is 16.3 Å². The summed E-state index contributed by atoms with van der Waals surface area (Å²) in [5.74, 6) is -0.164. The normalized spacial score (nSPS) is 10.8. The van der Waals surface area contributed by atoms with E-state index in [2.05, 4.69) is 24.1 Å². The molecule has 0 aliphatic heterocycles. The molecule has 1 N–H and O–H groups in total. The van der Waals surface area contributed by atoms with Crippen molar-refractivity contribution >= 4 is 17.5 Å². The molecule has 1 amide bonds. The summed E-state index contributed by atoms with van der Waals surface area (Å²) in [5, 5.41) is 3.26. The lowest BCUT2D eigenvalue weighted by atomic mass is 10.2. The van der Waals surface area contributed by atoms with Crippen LogP contribution >= 0.6 is 11.6 Å². The van der Waals surface area contributed by atoms with Gasteiger partial charge in [-0.2, -0.15) is 0 Å². The number of rotatable bonds is 9. The second kappa shape index (κ2) is 9.75. The summed E-state index contributed by atoms with van der Waals surface area (Å²) in [6.45, 7) is 8.93. The van der Waals surface area contributed by atoms with Gasteiger partial charge in [0.2, 0.25) is 0 Å². The Kier molecular flexibility index (Phi) is 8.26. The molecule has 112 valence electrons. The average Bonchev–Trinajstić information content (AvgIpc) is 2.47. The predicted octanol–water partition coefficient (Wildman–Crippen LogP) is 2.43. The van der Waals surface area contributed by atoms with Crippen LogP contribution in [0.25, 0.3) is 0 Å². The molecule has 1 rings (SSSR count). The molecular weight excluding hydrogens is 276 g/mol. The molecule has 20 heavy (non-hydrogen) atoms. The van der Waals surface area contributed by atoms with Crippen LogP contribution in [-0.2, 0) is 4.74 Å². The number of nitrogens with zero attached hydrogens (tertiary/aromatic N) is 1. The van der Waals surface area contributed by atoms with E-state index in [1.807, 2.05) is 0 Å². The lowest BCUT2D eigenvalue weighted by molar-refractivity contribution is 0.0884. The highest BCUT2D eigenvalue weighted by molar-refractivity contribution is 6.33. The van der Waals surface area contributed by atoms with Crippen molar-refractivity contribution in [3.05, 3.63) is 34.9 Å². The Morgan fingerprint density at radius 3 is 2.60 bits per heavy atom. The van der Waals surface area contributed by atoms with E-state index >= 15 is 0 Å². The highest BCUT2D eigenvalue weighted by Gasteiger charge is 2.08. The first-order chi connectivity index (χ1) is 9.69. The molecule has 0 aliphatic carbocycles. The number of carbonyl (C=O) groups is 1. The van der Waals surface area contributed by atoms with Gasteiger partial charge in [0, 0.05) is 13.1 Å². The summed E-state index contributed by atoms with van der Waals surface area (Å²) in [5.41, 5.74) is 0.498. The summed E-state index contributed by atoms with van der Waals surface area (Å²) in [6.07, 6.45) is 0. The van der Waals surface area contributed by atoms with Crippen molar-refractivity contribution in [1.82, 2.24) is 10.2 Å². The van der Waals surface area contributed by atoms with Gasteiger partial charge >= 0.3 is 0 Å². The van der Waals surface area contributed by atoms with E-state index in [0.29, 0.717) is 30.3 Å². The minimum absolute atomic E-state index is 0.164. The smallest absolute Gasteiger partial charge is 0.252 e. The molecule has 0 heterocycles. The number of hydrogen-bond acceptors (Lipinski definition) is 3. The van der Waals surface area contributed by atoms with Gasteiger partial charge < -0.3 is 15.0 Å². The monoisotopic (exact) mass is 298 g/mol. The third-order valence-electron chi connectivity index (χ3n) is 3.10. The fourth-order valence-electron chi connectivity index (χ4n) is 1.81. The van der Waals surface area contributed by atoms with Crippen LogP contribution in [0.4, 0.5) is 0 Å². The summed E-state index contributed by atoms with van der Waals surface area (Å²) in [7, 11) is 0. The number of ether oxygens (including phenoxy) is 1. The zero-order valence-corrected chi connectivity index (χ0v) is 12.9. The third kappa shape index (κ3) is 5.90. The van der Waals surface area contributed by atoms with Crippen molar-refractivity contribution in [3.63, 3.8) is 0 Å². The molecule has 0 unspecified atom stereocenters. The second-order valence-electron chi connectivity index (χ2n) is 4.38. The molecule has 0 fully saturated rings. The molecule has 1 aromatic rings. The number of benzene rings is 1. The molecular formula is C15H23ClN2O2. The Labute approximate surface area is 126 Å². The van der Waals surface area contributed by atoms with Crippen molar-refractivity contribution in [2.24, 2.45) is 0 Å². The molecule has 4 nitrogen and oxygen atoms in total. The molecule has 0 spiro atoms. The largest absolute Gasteiger partial charge is 0.378 e. The first kappa shape index (κ1) is 17.0. The highest BCUT2D eigenvalue weighted by atomic mass is 35.5. The van der Waals surface area contributed by atoms with Crippen LogP contribution < -0.4 is 5.32 Å². The van der Waals surface area contributed by atoms with Gasteiger partial charge in [-0.15, -0.1) is 0 Å². The molecule has 0 saturated carbocycles. The van der Waals surface area contributed by atoms with Crippen LogP contribution in [0, 0.1) is 0 Å². The summed E-state index contributed by atoms with van der Waals surface area (Å²) in [4.78, 5) is 14.1. The Morgan fingerprint density at radius 2 is 1.95 bits per heavy atom. The van der Waals surface area contributed by atoms with Gasteiger partial charge in [-0.05, 0) is 25.2 Å². The maximum absolute atomic E-state index is 11.8. The maximum atomic E-state index is 11.8. The average molecular weight is 299 g/mol. The number of halogens is 1. The van der Waals surface area contributed by atoms with Gasteiger partial charge in [-0.1, -0.05) is 37.6 Å². The predicted molar refractivity (Wildman–Crippen MR) is 82.4 cm³/mol. The minimum atomic E-state index is -0.164. The van der Waals surface area contributed by atoms with E-state index in [1.54, 1.807) is 24.3 Å². The molecule has 0 atom stereocenters. The lowest BCUT2D eigenvalue weighted by Crippen LogP contribution is -2.30. The zero-order chi connectivity index (χ0) is 14.8. The number of hydrogen-bond donors (Lipinski definition) is 1. The second-order valence-corrected chi connectivity index (χ2v) is 4.78. The van der Waals surface area contributed by atoms with Crippen LogP contribution in [0.3, 0.4) is 0 Å². The van der Waals surface area contributed by atoms with Gasteiger partial charge in [-0.3, -0.25) is 4.79 Å². The fourth-order valence-corrected chi connectivity index (χ4v) is 2.03. The van der Waals surface area contributed by atoms with Gasteiger partial charge in [0.05, 0.1) is 23.8 Å². The first-order valence-electron chi connectivity index (χ1n) is 7.01. The summed E-state index contributed by atoms with van der Waals surface area (Å²) in [6, 6.07) is 7.01. The SMILES string of the molecule is CCN(CC)CCOCCNC(=O)c1ccccc1Cl. The van der Waals surface area contributed by atoms with Gasteiger partial charge in [-0.25, -0.2) is 0 Å². The van der Waals surface area contributed by atoms with Gasteiger partial charge in [0.1, 0.15) is 0 Å². The maximum Gasteiger partial charge on any atom is 0.252 e. The Hall–Kier alpha value is -1.10. The van der Waals surface area contributed by atoms with Crippen molar-refractivity contribution in [1.29, 1.82) is 0 Å². The molecule has 1 aromatic carbocycles. The number of amides is 1. The fraction of sp³-hybridized carbons (Fsp3) is 0.533. The summed E-state index contributed by atoms with van der Waals surface area (Å²) < 4.78 is 5.49. The molecule has 0 bridgehead atoms. The summed E-state index contributed by atoms with van der Waals surface area (Å²) >= 11 is 5.95. The molecule has 0 saturated heterocycles. The molecule has 0 aromatic heterocycles. The molecule has 0 aliphatic rings. The standard InChI is InChI=1S/C15H23ClN2O2/c1-3-18(4-2)10-12-20-11-9-17-15(19)13-7-5-6-8-14(13)16/h5-8H,3-4,9-12H2,1-2H3,(H,17,19). The van der Waals surface area contributed by atoms with Crippen molar-refractivity contribution in [2.75, 3.05) is 39.4 Å². The van der Waals surface area contributed by atoms with Crippen LogP contribution in [0.2, 0.25) is 5.02 Å². The topological polar surface area (TPSA) is 41.6 Å². The van der Waals surface area contributed by atoms with Crippen molar-refractivity contribution in [2.45, 2.75) is 13.8 Å². The zero-order valence-electron chi connectivity index (χ0n) is 12.2. The van der Waals surface area contributed by atoms with Gasteiger partial charge in [0.15, 0.2) is 0 Å². The Bertz CT molecular complexity index is 409. The highest BCUT2D eigenvalue weighted by Crippen LogP contribution is 2.14. The van der Waals surface area contributed by atoms with E-state index < -0.39 is 0 Å². The van der Waals surface area contributed by atoms with Crippen LogP contribution in [0.1, 0.15) is 24.2 Å². The van der Waals surface area contributed by atoms with Crippen molar-refractivity contribution < 1.29 is 9.53 Å². The van der Waals surface area contributed by atoms with E-state index in [-0.39, 0.29) is 5.91 Å². The Morgan fingerprint density at radius 1 is 1.25 bits per heavy atom. The van der Waals surface area contributed by atoms with Crippen molar-refractivity contribution in [3.8, 4) is 0 Å². The third-order valence-corrected chi connectivity index (χ3v) is 3.43. The quantitative estimate of drug-likeness (QED) is 0.712. The van der Waals surface area contributed by atoms with E-state index in [1.165, 1.54) is 0 Å². The van der Waals surface area contributed by atoms with Crippen LogP contribution in [0.5, 0.6) is 0 Å². The van der Waals surface area contributed by atoms with E-state index in [0.717, 1.165) is 19.6 Å². The first-order valence-corrected chi connectivity index (χ1v) is 7.39. The van der Waals surface area contributed by atoms with Crippen LogP contribution in [-0.4, -0.2) is 50.2 Å². The minimum Gasteiger partial charge on any atom is -0.378 e. The Balaban J connectivity index is 2.16. The lowest BCUT2D eigenvalue weighted by Gasteiger charge is -2.17.